The minimum atomic E-state index is 0.211. The number of nitrogens with one attached hydrogen (secondary N) is 1. The van der Waals surface area contributed by atoms with Crippen molar-refractivity contribution in [2.75, 3.05) is 0 Å². The summed E-state index contributed by atoms with van der Waals surface area (Å²) in [6, 6.07) is 3.88. The molecule has 0 amide bonds. The smallest absolute Gasteiger partial charge is 0.203 e. The molecule has 5 heteroatoms. The quantitative estimate of drug-likeness (QED) is 0.251. The van der Waals surface area contributed by atoms with E-state index in [9.17, 15) is 0 Å². The van der Waals surface area contributed by atoms with Gasteiger partial charge in [-0.15, -0.1) is 0 Å². The highest BCUT2D eigenvalue weighted by molar-refractivity contribution is 5.76. The third-order valence-electron chi connectivity index (χ3n) is 1.53. The number of rotatable bonds is 2. The second-order valence-corrected chi connectivity index (χ2v) is 2.67. The molecule has 0 saturated heterocycles. The van der Waals surface area contributed by atoms with Crippen LogP contribution in [0.5, 0.6) is 0 Å². The van der Waals surface area contributed by atoms with Gasteiger partial charge in [0, 0.05) is 6.20 Å². The molecule has 0 radical (unpaired) electrons. The van der Waals surface area contributed by atoms with E-state index in [4.69, 9.17) is 11.6 Å². The molecule has 1 rings (SSSR count). The minimum absolute atomic E-state index is 0.211. The number of pyridine rings is 1. The summed E-state index contributed by atoms with van der Waals surface area (Å²) in [6.45, 7) is 2.42. The van der Waals surface area contributed by atoms with Crippen LogP contribution < -0.4 is 17.0 Å². The van der Waals surface area contributed by atoms with E-state index in [1.54, 1.807) is 6.20 Å². The zero-order valence-electron chi connectivity index (χ0n) is 7.49. The molecule has 70 valence electrons. The molecule has 5 N–H and O–H groups in total. The SMILES string of the molecule is Cc1ccc(CN=C(N)NN)nc1. The molecule has 1 heterocycles. The molecule has 5 nitrogen and oxygen atoms in total. The van der Waals surface area contributed by atoms with Gasteiger partial charge in [0.05, 0.1) is 12.2 Å². The summed E-state index contributed by atoms with van der Waals surface area (Å²) < 4.78 is 0. The molecule has 0 unspecified atom stereocenters. The number of nitrogens with two attached hydrogens (primary N) is 2. The molecule has 1 aromatic rings. The van der Waals surface area contributed by atoms with Crippen LogP contribution in [0.15, 0.2) is 23.3 Å². The van der Waals surface area contributed by atoms with Gasteiger partial charge in [-0.3, -0.25) is 10.4 Å². The van der Waals surface area contributed by atoms with Crippen molar-refractivity contribution < 1.29 is 0 Å². The molecule has 0 aliphatic rings. The molecule has 0 atom stereocenters. The first-order chi connectivity index (χ1) is 6.22. The van der Waals surface area contributed by atoms with Crippen LogP contribution in [0.2, 0.25) is 0 Å². The van der Waals surface area contributed by atoms with E-state index >= 15 is 0 Å². The lowest BCUT2D eigenvalue weighted by Crippen LogP contribution is -2.37. The summed E-state index contributed by atoms with van der Waals surface area (Å²) in [5.41, 5.74) is 9.57. The summed E-state index contributed by atoms with van der Waals surface area (Å²) in [4.78, 5) is 8.09. The first-order valence-corrected chi connectivity index (χ1v) is 3.90. The Labute approximate surface area is 76.8 Å². The average Bonchev–Trinajstić information content (AvgIpc) is 2.16. The first-order valence-electron chi connectivity index (χ1n) is 3.90. The van der Waals surface area contributed by atoms with Crippen molar-refractivity contribution in [2.24, 2.45) is 16.6 Å². The van der Waals surface area contributed by atoms with Crippen LogP contribution in [0.1, 0.15) is 11.3 Å². The highest BCUT2D eigenvalue weighted by Gasteiger charge is 1.92. The highest BCUT2D eigenvalue weighted by Crippen LogP contribution is 1.99. The van der Waals surface area contributed by atoms with Crippen LogP contribution in [0, 0.1) is 6.92 Å². The number of guanidine groups is 1. The second kappa shape index (κ2) is 4.42. The molecule has 0 bridgehead atoms. The lowest BCUT2D eigenvalue weighted by atomic mass is 10.3. The van der Waals surface area contributed by atoms with E-state index in [0.29, 0.717) is 6.54 Å². The Morgan fingerprint density at radius 3 is 2.92 bits per heavy atom. The van der Waals surface area contributed by atoms with Gasteiger partial charge in [0.1, 0.15) is 0 Å². The zero-order chi connectivity index (χ0) is 9.68. The van der Waals surface area contributed by atoms with Crippen molar-refractivity contribution in [1.29, 1.82) is 0 Å². The Balaban J connectivity index is 2.60. The van der Waals surface area contributed by atoms with E-state index in [2.05, 4.69) is 15.4 Å². The Bertz CT molecular complexity index is 290. The number of aromatic nitrogens is 1. The molecule has 0 aliphatic carbocycles. The molecule has 1 aromatic heterocycles. The predicted molar refractivity (Wildman–Crippen MR) is 51.6 cm³/mol. The molecule has 0 aliphatic heterocycles. The average molecular weight is 179 g/mol. The van der Waals surface area contributed by atoms with Gasteiger partial charge in [-0.05, 0) is 18.6 Å². The van der Waals surface area contributed by atoms with Gasteiger partial charge in [-0.1, -0.05) is 6.07 Å². The lowest BCUT2D eigenvalue weighted by molar-refractivity contribution is 0.930. The molecule has 0 saturated carbocycles. The normalized spacial score (nSPS) is 11.4. The third-order valence-corrected chi connectivity index (χ3v) is 1.53. The number of hydrogen-bond donors (Lipinski definition) is 3. The molecular weight excluding hydrogens is 166 g/mol. The van der Waals surface area contributed by atoms with Gasteiger partial charge >= 0.3 is 0 Å². The van der Waals surface area contributed by atoms with Crippen molar-refractivity contribution in [3.8, 4) is 0 Å². The van der Waals surface area contributed by atoms with Crippen LogP contribution in [0.3, 0.4) is 0 Å². The van der Waals surface area contributed by atoms with Crippen LogP contribution in [-0.2, 0) is 6.54 Å². The zero-order valence-corrected chi connectivity index (χ0v) is 7.49. The number of aliphatic imine (C=N–C) groups is 1. The van der Waals surface area contributed by atoms with Gasteiger partial charge in [0.25, 0.3) is 0 Å². The van der Waals surface area contributed by atoms with E-state index < -0.39 is 0 Å². The van der Waals surface area contributed by atoms with Crippen LogP contribution in [0.25, 0.3) is 0 Å². The van der Waals surface area contributed by atoms with E-state index in [1.807, 2.05) is 19.1 Å². The Morgan fingerprint density at radius 1 is 1.62 bits per heavy atom. The summed E-state index contributed by atoms with van der Waals surface area (Å²) in [5.74, 6) is 5.24. The highest BCUT2D eigenvalue weighted by atomic mass is 15.3. The van der Waals surface area contributed by atoms with E-state index in [1.165, 1.54) is 0 Å². The van der Waals surface area contributed by atoms with Crippen molar-refractivity contribution >= 4 is 5.96 Å². The van der Waals surface area contributed by atoms with Gasteiger partial charge in [-0.2, -0.15) is 0 Å². The summed E-state index contributed by atoms with van der Waals surface area (Å²) in [6.07, 6.45) is 1.79. The van der Waals surface area contributed by atoms with Crippen LogP contribution in [0.4, 0.5) is 0 Å². The van der Waals surface area contributed by atoms with Gasteiger partial charge in [-0.25, -0.2) is 10.8 Å². The van der Waals surface area contributed by atoms with Crippen molar-refractivity contribution in [2.45, 2.75) is 13.5 Å². The standard InChI is InChI=1S/C8H13N5/c1-6-2-3-7(11-4-6)5-12-8(9)13-10/h2-4H,5,10H2,1H3,(H3,9,12,13). The molecule has 0 aromatic carbocycles. The van der Waals surface area contributed by atoms with E-state index in [0.717, 1.165) is 11.3 Å². The molecule has 0 spiro atoms. The fraction of sp³-hybridized carbons (Fsp3) is 0.250. The number of hydrazine groups is 1. The predicted octanol–water partition coefficient (Wildman–Crippen LogP) is -0.332. The second-order valence-electron chi connectivity index (χ2n) is 2.67. The molecule has 13 heavy (non-hydrogen) atoms. The summed E-state index contributed by atoms with van der Waals surface area (Å²) in [5, 5.41) is 0. The molecular formula is C8H13N5. The fourth-order valence-electron chi connectivity index (χ4n) is 0.804. The monoisotopic (exact) mass is 179 g/mol. The van der Waals surface area contributed by atoms with Crippen LogP contribution >= 0.6 is 0 Å². The molecule has 0 fully saturated rings. The van der Waals surface area contributed by atoms with Gasteiger partial charge < -0.3 is 5.73 Å². The van der Waals surface area contributed by atoms with Crippen molar-refractivity contribution in [3.63, 3.8) is 0 Å². The first kappa shape index (κ1) is 9.47. The number of aryl methyl sites for hydroxylation is 1. The number of hydrogen-bond acceptors (Lipinski definition) is 3. The lowest BCUT2D eigenvalue weighted by Gasteiger charge is -1.99. The number of nitrogens with zero attached hydrogens (tertiary/aromatic N) is 2. The topological polar surface area (TPSA) is 89.3 Å². The minimum Gasteiger partial charge on any atom is -0.369 e. The summed E-state index contributed by atoms with van der Waals surface area (Å²) in [7, 11) is 0. The maximum atomic E-state index is 5.34. The largest absolute Gasteiger partial charge is 0.369 e. The fourth-order valence-corrected chi connectivity index (χ4v) is 0.804. The maximum absolute atomic E-state index is 5.34. The van der Waals surface area contributed by atoms with Crippen LogP contribution in [-0.4, -0.2) is 10.9 Å². The van der Waals surface area contributed by atoms with Gasteiger partial charge in [0.2, 0.25) is 5.96 Å². The summed E-state index contributed by atoms with van der Waals surface area (Å²) >= 11 is 0. The van der Waals surface area contributed by atoms with E-state index in [-0.39, 0.29) is 5.96 Å². The maximum Gasteiger partial charge on any atom is 0.203 e. The van der Waals surface area contributed by atoms with Crippen molar-refractivity contribution in [1.82, 2.24) is 10.4 Å². The Hall–Kier alpha value is -1.62. The van der Waals surface area contributed by atoms with Gasteiger partial charge in [0.15, 0.2) is 0 Å². The Kier molecular flexibility index (Phi) is 3.22. The Morgan fingerprint density at radius 2 is 2.38 bits per heavy atom. The van der Waals surface area contributed by atoms with Crippen molar-refractivity contribution in [3.05, 3.63) is 29.6 Å². The third kappa shape index (κ3) is 3.08.